The van der Waals surface area contributed by atoms with Crippen molar-refractivity contribution in [2.45, 2.75) is 63.8 Å². The number of hydrogen-bond donors (Lipinski definition) is 0. The van der Waals surface area contributed by atoms with Crippen LogP contribution in [0.15, 0.2) is 12.1 Å². The van der Waals surface area contributed by atoms with Gasteiger partial charge in [0, 0.05) is 26.1 Å². The van der Waals surface area contributed by atoms with Crippen LogP contribution in [0.5, 0.6) is 0 Å². The van der Waals surface area contributed by atoms with E-state index in [9.17, 15) is 26.3 Å². The molecule has 6 atom stereocenters. The fourth-order valence-corrected chi connectivity index (χ4v) is 4.23. The topological polar surface area (TPSA) is 36.9 Å². The molecule has 10 heteroatoms. The van der Waals surface area contributed by atoms with Crippen LogP contribution in [0.1, 0.15) is 48.3 Å². The first-order valence-corrected chi connectivity index (χ1v) is 9.48. The van der Waals surface area contributed by atoms with E-state index in [2.05, 4.69) is 0 Å². The zero-order valence-corrected chi connectivity index (χ0v) is 16.9. The summed E-state index contributed by atoms with van der Waals surface area (Å²) in [5.41, 5.74) is 2.13. The first kappa shape index (κ1) is 23.3. The van der Waals surface area contributed by atoms with E-state index >= 15 is 0 Å². The minimum atomic E-state index is -4.46. The van der Waals surface area contributed by atoms with Gasteiger partial charge in [0.15, 0.2) is 12.2 Å². The molecule has 2 fully saturated rings. The van der Waals surface area contributed by atoms with Gasteiger partial charge in [0.1, 0.15) is 0 Å². The van der Waals surface area contributed by atoms with Gasteiger partial charge in [-0.05, 0) is 22.3 Å². The third-order valence-corrected chi connectivity index (χ3v) is 5.76. The zero-order valence-electron chi connectivity index (χ0n) is 16.9. The van der Waals surface area contributed by atoms with Gasteiger partial charge in [-0.15, -0.1) is 0 Å². The van der Waals surface area contributed by atoms with E-state index in [1.807, 2.05) is 0 Å². The van der Waals surface area contributed by atoms with Gasteiger partial charge in [-0.1, -0.05) is 26.0 Å². The number of ether oxygens (including phenoxy) is 4. The van der Waals surface area contributed by atoms with E-state index in [-0.39, 0.29) is 13.2 Å². The molecule has 30 heavy (non-hydrogen) atoms. The first-order chi connectivity index (χ1) is 13.9. The van der Waals surface area contributed by atoms with Crippen LogP contribution in [0.25, 0.3) is 0 Å². The molecule has 0 spiro atoms. The molecule has 1 aromatic carbocycles. The van der Waals surface area contributed by atoms with E-state index in [1.54, 1.807) is 12.1 Å². The van der Waals surface area contributed by atoms with Crippen LogP contribution in [-0.2, 0) is 32.2 Å². The highest BCUT2D eigenvalue weighted by Crippen LogP contribution is 2.51. The van der Waals surface area contributed by atoms with Gasteiger partial charge in [-0.25, -0.2) is 0 Å². The van der Waals surface area contributed by atoms with Crippen LogP contribution in [-0.4, -0.2) is 38.8 Å². The van der Waals surface area contributed by atoms with Crippen LogP contribution >= 0.6 is 0 Å². The molecule has 0 aromatic heterocycles. The van der Waals surface area contributed by atoms with Crippen LogP contribution in [0.3, 0.4) is 0 Å². The summed E-state index contributed by atoms with van der Waals surface area (Å²) in [6, 6.07) is 3.27. The molecule has 0 bridgehead atoms. The largest absolute Gasteiger partial charge is 0.415 e. The fraction of sp³-hybridized carbons (Fsp3) is 0.700. The van der Waals surface area contributed by atoms with Crippen molar-refractivity contribution in [3.63, 3.8) is 0 Å². The maximum atomic E-state index is 13.0. The van der Waals surface area contributed by atoms with Crippen molar-refractivity contribution < 1.29 is 45.3 Å². The Hall–Kier alpha value is -1.36. The number of halogens is 6. The Kier molecular flexibility index (Phi) is 6.44. The number of hydrogen-bond acceptors (Lipinski definition) is 4. The number of rotatable bonds is 6. The maximum Gasteiger partial charge on any atom is 0.415 e. The maximum absolute atomic E-state index is 13.0. The predicted octanol–water partition coefficient (Wildman–Crippen LogP) is 5.26. The molecule has 2 aliphatic rings. The molecule has 0 N–H and O–H groups in total. The molecular formula is C20H24F6O4. The van der Waals surface area contributed by atoms with E-state index in [4.69, 9.17) is 18.9 Å². The van der Waals surface area contributed by atoms with Crippen molar-refractivity contribution in [1.82, 2.24) is 0 Å². The molecule has 0 aliphatic carbocycles. The summed E-state index contributed by atoms with van der Waals surface area (Å²) in [4.78, 5) is 0. The minimum absolute atomic E-state index is 0.0721. The molecule has 2 aliphatic heterocycles. The molecule has 0 saturated carbocycles. The molecular weight excluding hydrogens is 418 g/mol. The Labute approximate surface area is 170 Å². The summed E-state index contributed by atoms with van der Waals surface area (Å²) in [5, 5.41) is 0. The SMILES string of the molecule is COCc1cc(C2OC(C(F)(F)F)C2C)c(COC)cc1C1OC(C(F)(F)F)C1C. The Balaban J connectivity index is 1.94. The van der Waals surface area contributed by atoms with Crippen LogP contribution in [0.2, 0.25) is 0 Å². The monoisotopic (exact) mass is 442 g/mol. The van der Waals surface area contributed by atoms with Crippen molar-refractivity contribution >= 4 is 0 Å². The minimum Gasteiger partial charge on any atom is -0.380 e. The van der Waals surface area contributed by atoms with Crippen LogP contribution < -0.4 is 0 Å². The molecule has 3 rings (SSSR count). The summed E-state index contributed by atoms with van der Waals surface area (Å²) in [7, 11) is 2.86. The average Bonchev–Trinajstić information content (AvgIpc) is 2.60. The van der Waals surface area contributed by atoms with Crippen molar-refractivity contribution in [2.24, 2.45) is 11.8 Å². The highest BCUT2D eigenvalue weighted by atomic mass is 19.4. The lowest BCUT2D eigenvalue weighted by Crippen LogP contribution is -2.51. The molecule has 4 nitrogen and oxygen atoms in total. The van der Waals surface area contributed by atoms with Gasteiger partial charge in [0.2, 0.25) is 0 Å². The van der Waals surface area contributed by atoms with Gasteiger partial charge in [0.25, 0.3) is 0 Å². The Morgan fingerprint density at radius 2 is 1.07 bits per heavy atom. The predicted molar refractivity (Wildman–Crippen MR) is 93.5 cm³/mol. The second-order valence-electron chi connectivity index (χ2n) is 7.87. The van der Waals surface area contributed by atoms with Crippen molar-refractivity contribution in [3.05, 3.63) is 34.4 Å². The second-order valence-corrected chi connectivity index (χ2v) is 7.87. The molecule has 2 heterocycles. The summed E-state index contributed by atoms with van der Waals surface area (Å²) in [6.07, 6.45) is -14.2. The first-order valence-electron chi connectivity index (χ1n) is 9.48. The third-order valence-electron chi connectivity index (χ3n) is 5.76. The van der Waals surface area contributed by atoms with Crippen molar-refractivity contribution in [2.75, 3.05) is 14.2 Å². The molecule has 0 radical (unpaired) electrons. The average molecular weight is 442 g/mol. The summed E-state index contributed by atoms with van der Waals surface area (Å²) < 4.78 is 98.7. The molecule has 0 amide bonds. The van der Waals surface area contributed by atoms with Gasteiger partial charge < -0.3 is 18.9 Å². The Bertz CT molecular complexity index is 699. The van der Waals surface area contributed by atoms with Gasteiger partial charge in [-0.3, -0.25) is 0 Å². The van der Waals surface area contributed by atoms with Crippen LogP contribution in [0, 0.1) is 11.8 Å². The van der Waals surface area contributed by atoms with E-state index in [0.717, 1.165) is 0 Å². The van der Waals surface area contributed by atoms with Gasteiger partial charge in [0.05, 0.1) is 25.4 Å². The summed E-state index contributed by atoms with van der Waals surface area (Å²) in [6.45, 7) is 3.06. The number of benzene rings is 1. The third kappa shape index (κ3) is 4.19. The van der Waals surface area contributed by atoms with Crippen molar-refractivity contribution in [1.29, 1.82) is 0 Å². The standard InChI is InChI=1S/C20H24F6O4/c1-9-15(29-17(9)19(21,22)23)13-5-12(8-28-4)14(6-11(13)7-27-3)16-10(2)18(30-16)20(24,25)26/h5-6,9-10,15-18H,7-8H2,1-4H3. The fourth-order valence-electron chi connectivity index (χ4n) is 4.23. The lowest BCUT2D eigenvalue weighted by Gasteiger charge is -2.46. The van der Waals surface area contributed by atoms with E-state index < -0.39 is 48.6 Å². The number of alkyl halides is 6. The molecule has 170 valence electrons. The highest BCUT2D eigenvalue weighted by molar-refractivity contribution is 5.42. The Morgan fingerprint density at radius 1 is 0.733 bits per heavy atom. The van der Waals surface area contributed by atoms with E-state index in [0.29, 0.717) is 22.3 Å². The second kappa shape index (κ2) is 8.29. The smallest absolute Gasteiger partial charge is 0.380 e. The molecule has 1 aromatic rings. The lowest BCUT2D eigenvalue weighted by molar-refractivity contribution is -0.318. The Morgan fingerprint density at radius 3 is 1.30 bits per heavy atom. The lowest BCUT2D eigenvalue weighted by atomic mass is 9.79. The summed E-state index contributed by atoms with van der Waals surface area (Å²) in [5.74, 6) is -1.62. The van der Waals surface area contributed by atoms with Crippen LogP contribution in [0.4, 0.5) is 26.3 Å². The molecule has 2 saturated heterocycles. The quantitative estimate of drug-likeness (QED) is 0.564. The normalized spacial score (nSPS) is 31.9. The number of methoxy groups -OCH3 is 2. The zero-order chi connectivity index (χ0) is 22.4. The van der Waals surface area contributed by atoms with E-state index in [1.165, 1.54) is 28.1 Å². The van der Waals surface area contributed by atoms with Gasteiger partial charge >= 0.3 is 12.4 Å². The summed E-state index contributed by atoms with van der Waals surface area (Å²) >= 11 is 0. The highest BCUT2D eigenvalue weighted by Gasteiger charge is 2.57. The van der Waals surface area contributed by atoms with Gasteiger partial charge in [-0.2, -0.15) is 26.3 Å². The molecule has 6 unspecified atom stereocenters. The van der Waals surface area contributed by atoms with Crippen molar-refractivity contribution in [3.8, 4) is 0 Å².